The number of carbonyl (C=O) groups excluding carboxylic acids is 1. The molecule has 2 heterocycles. The van der Waals surface area contributed by atoms with Crippen molar-refractivity contribution in [3.63, 3.8) is 0 Å². The van der Waals surface area contributed by atoms with Crippen LogP contribution in [0.25, 0.3) is 11.7 Å². The van der Waals surface area contributed by atoms with Gasteiger partial charge in [0.2, 0.25) is 5.88 Å². The summed E-state index contributed by atoms with van der Waals surface area (Å²) >= 11 is 0. The third-order valence-corrected chi connectivity index (χ3v) is 3.86. The Hall–Kier alpha value is -3.79. The molecule has 2 aromatic heterocycles. The van der Waals surface area contributed by atoms with Crippen LogP contribution in [0.4, 0.5) is 0 Å². The number of benzene rings is 1. The second kappa shape index (κ2) is 8.06. The van der Waals surface area contributed by atoms with Gasteiger partial charge in [-0.05, 0) is 23.8 Å². The van der Waals surface area contributed by atoms with Gasteiger partial charge in [-0.1, -0.05) is 30.3 Å². The smallest absolute Gasteiger partial charge is 0.349 e. The minimum absolute atomic E-state index is 0.0802. The molecule has 7 heteroatoms. The number of aromatic nitrogens is 2. The Balaban J connectivity index is 1.93. The maximum absolute atomic E-state index is 12.3. The van der Waals surface area contributed by atoms with Gasteiger partial charge in [0.25, 0.3) is 0 Å². The molecule has 27 heavy (non-hydrogen) atoms. The number of esters is 1. The van der Waals surface area contributed by atoms with Gasteiger partial charge < -0.3 is 14.2 Å². The Morgan fingerprint density at radius 2 is 1.96 bits per heavy atom. The van der Waals surface area contributed by atoms with Crippen LogP contribution in [-0.2, 0) is 16.1 Å². The van der Waals surface area contributed by atoms with E-state index in [1.807, 2.05) is 36.4 Å². The van der Waals surface area contributed by atoms with Crippen LogP contribution < -0.4 is 9.47 Å². The van der Waals surface area contributed by atoms with Crippen LogP contribution in [0.1, 0.15) is 11.3 Å². The molecular formula is C20H17N3O4. The Morgan fingerprint density at radius 3 is 2.63 bits per heavy atom. The molecule has 0 aliphatic carbocycles. The van der Waals surface area contributed by atoms with Gasteiger partial charge in [0, 0.05) is 6.20 Å². The van der Waals surface area contributed by atoms with Gasteiger partial charge >= 0.3 is 5.97 Å². The summed E-state index contributed by atoms with van der Waals surface area (Å²) < 4.78 is 17.5. The first-order valence-electron chi connectivity index (χ1n) is 8.09. The molecule has 136 valence electrons. The summed E-state index contributed by atoms with van der Waals surface area (Å²) in [5, 5.41) is 9.41. The lowest BCUT2D eigenvalue weighted by atomic mass is 10.2. The fraction of sp³-hybridized carbons (Fsp3) is 0.150. The van der Waals surface area contributed by atoms with Crippen LogP contribution >= 0.6 is 0 Å². The van der Waals surface area contributed by atoms with Crippen LogP contribution in [-0.4, -0.2) is 29.6 Å². The number of ether oxygens (including phenoxy) is 3. The molecule has 0 bridgehead atoms. The first-order chi connectivity index (χ1) is 13.2. The van der Waals surface area contributed by atoms with Crippen molar-refractivity contribution < 1.29 is 19.0 Å². The molecule has 0 aliphatic rings. The van der Waals surface area contributed by atoms with E-state index in [-0.39, 0.29) is 18.1 Å². The molecule has 3 rings (SSSR count). The molecule has 0 spiro atoms. The fourth-order valence-corrected chi connectivity index (χ4v) is 2.56. The van der Waals surface area contributed by atoms with E-state index in [2.05, 4.69) is 4.98 Å². The van der Waals surface area contributed by atoms with Crippen LogP contribution in [0.5, 0.6) is 11.6 Å². The number of hydrogen-bond donors (Lipinski definition) is 0. The summed E-state index contributed by atoms with van der Waals surface area (Å²) in [7, 11) is 3.00. The third kappa shape index (κ3) is 3.75. The molecule has 0 fully saturated rings. The highest BCUT2D eigenvalue weighted by atomic mass is 16.5. The summed E-state index contributed by atoms with van der Waals surface area (Å²) in [6.07, 6.45) is 3.13. The third-order valence-electron chi connectivity index (χ3n) is 3.86. The number of imidazole rings is 1. The monoisotopic (exact) mass is 363 g/mol. The van der Waals surface area contributed by atoms with Crippen molar-refractivity contribution in [2.75, 3.05) is 14.2 Å². The summed E-state index contributed by atoms with van der Waals surface area (Å²) in [5.41, 5.74) is 1.63. The number of hydrogen-bond acceptors (Lipinski definition) is 6. The van der Waals surface area contributed by atoms with E-state index in [0.29, 0.717) is 17.1 Å². The van der Waals surface area contributed by atoms with Crippen molar-refractivity contribution in [2.24, 2.45) is 0 Å². The molecular weight excluding hydrogens is 346 g/mol. The highest BCUT2D eigenvalue weighted by Gasteiger charge is 2.18. The number of pyridine rings is 1. The summed E-state index contributed by atoms with van der Waals surface area (Å²) in [4.78, 5) is 16.7. The van der Waals surface area contributed by atoms with Crippen LogP contribution in [0.2, 0.25) is 0 Å². The van der Waals surface area contributed by atoms with E-state index >= 15 is 0 Å². The lowest BCUT2D eigenvalue weighted by Gasteiger charge is -2.05. The molecule has 0 saturated heterocycles. The molecule has 1 aromatic carbocycles. The average molecular weight is 363 g/mol. The van der Waals surface area contributed by atoms with Crippen molar-refractivity contribution in [1.82, 2.24) is 9.38 Å². The summed E-state index contributed by atoms with van der Waals surface area (Å²) in [5.74, 6) is 0.0879. The van der Waals surface area contributed by atoms with Crippen molar-refractivity contribution in [3.05, 3.63) is 65.5 Å². The maximum Gasteiger partial charge on any atom is 0.349 e. The molecule has 0 atom stereocenters. The zero-order valence-electron chi connectivity index (χ0n) is 14.9. The molecule has 7 nitrogen and oxygen atoms in total. The summed E-state index contributed by atoms with van der Waals surface area (Å²) in [6, 6.07) is 14.6. The SMILES string of the molecule is COc1nc2c(OC)cccn2c1C=C(C#N)C(=O)OCc1ccccc1. The Kier molecular flexibility index (Phi) is 5.38. The maximum atomic E-state index is 12.3. The van der Waals surface area contributed by atoms with Gasteiger partial charge in [0.15, 0.2) is 11.4 Å². The predicted molar refractivity (Wildman–Crippen MR) is 98.1 cm³/mol. The standard InChI is InChI=1S/C20H17N3O4/c1-25-17-9-6-10-23-16(19(26-2)22-18(17)23)11-15(12-21)20(24)27-13-14-7-4-3-5-8-14/h3-11H,13H2,1-2H3. The van der Waals surface area contributed by atoms with Gasteiger partial charge in [0.05, 0.1) is 14.2 Å². The van der Waals surface area contributed by atoms with Gasteiger partial charge in [-0.2, -0.15) is 10.2 Å². The largest absolute Gasteiger partial charge is 0.493 e. The molecule has 0 radical (unpaired) electrons. The zero-order chi connectivity index (χ0) is 19.2. The van der Waals surface area contributed by atoms with E-state index in [4.69, 9.17) is 14.2 Å². The van der Waals surface area contributed by atoms with Gasteiger partial charge in [-0.3, -0.25) is 4.40 Å². The Bertz CT molecular complexity index is 1030. The topological polar surface area (TPSA) is 85.9 Å². The van der Waals surface area contributed by atoms with Crippen molar-refractivity contribution >= 4 is 17.7 Å². The first-order valence-corrected chi connectivity index (χ1v) is 8.09. The number of carbonyl (C=O) groups is 1. The normalized spacial score (nSPS) is 11.1. The second-order valence-corrected chi connectivity index (χ2v) is 5.51. The quantitative estimate of drug-likeness (QED) is 0.380. The Morgan fingerprint density at radius 1 is 1.19 bits per heavy atom. The average Bonchev–Trinajstić information content (AvgIpc) is 3.08. The number of nitrogens with zero attached hydrogens (tertiary/aromatic N) is 3. The molecule has 0 amide bonds. The minimum atomic E-state index is -0.721. The molecule has 0 unspecified atom stereocenters. The van der Waals surface area contributed by atoms with Crippen LogP contribution in [0.3, 0.4) is 0 Å². The van der Waals surface area contributed by atoms with E-state index in [9.17, 15) is 10.1 Å². The highest BCUT2D eigenvalue weighted by molar-refractivity contribution is 5.98. The molecule has 0 N–H and O–H groups in total. The number of methoxy groups -OCH3 is 2. The van der Waals surface area contributed by atoms with E-state index in [1.54, 1.807) is 22.7 Å². The van der Waals surface area contributed by atoms with Gasteiger partial charge in [0.1, 0.15) is 23.9 Å². The van der Waals surface area contributed by atoms with Crippen molar-refractivity contribution in [2.45, 2.75) is 6.61 Å². The number of fused-ring (bicyclic) bond motifs is 1. The van der Waals surface area contributed by atoms with E-state index in [1.165, 1.54) is 20.3 Å². The predicted octanol–water partition coefficient (Wildman–Crippen LogP) is 3.00. The molecule has 0 aliphatic heterocycles. The fourth-order valence-electron chi connectivity index (χ4n) is 2.56. The minimum Gasteiger partial charge on any atom is -0.493 e. The zero-order valence-corrected chi connectivity index (χ0v) is 14.9. The van der Waals surface area contributed by atoms with E-state index in [0.717, 1.165) is 5.56 Å². The van der Waals surface area contributed by atoms with Crippen molar-refractivity contribution in [3.8, 4) is 17.7 Å². The van der Waals surface area contributed by atoms with Crippen LogP contribution in [0, 0.1) is 11.3 Å². The molecule has 3 aromatic rings. The van der Waals surface area contributed by atoms with Gasteiger partial charge in [-0.25, -0.2) is 4.79 Å². The second-order valence-electron chi connectivity index (χ2n) is 5.51. The number of rotatable bonds is 6. The van der Waals surface area contributed by atoms with Gasteiger partial charge in [-0.15, -0.1) is 0 Å². The lowest BCUT2D eigenvalue weighted by molar-refractivity contribution is -0.139. The molecule has 0 saturated carbocycles. The lowest BCUT2D eigenvalue weighted by Crippen LogP contribution is -2.07. The first kappa shape index (κ1) is 18.0. The van der Waals surface area contributed by atoms with Crippen molar-refractivity contribution in [1.29, 1.82) is 5.26 Å². The highest BCUT2D eigenvalue weighted by Crippen LogP contribution is 2.27. The van der Waals surface area contributed by atoms with E-state index < -0.39 is 5.97 Å². The van der Waals surface area contributed by atoms with Crippen LogP contribution in [0.15, 0.2) is 54.2 Å². The Labute approximate surface area is 156 Å². The number of nitriles is 1. The summed E-state index contributed by atoms with van der Waals surface area (Å²) in [6.45, 7) is 0.0802.